The van der Waals surface area contributed by atoms with Gasteiger partial charge in [-0.1, -0.05) is 54.6 Å². The molecule has 23 heavy (non-hydrogen) atoms. The van der Waals surface area contributed by atoms with Crippen molar-refractivity contribution in [2.45, 2.75) is 24.6 Å². The fourth-order valence-electron chi connectivity index (χ4n) is 2.27. The van der Waals surface area contributed by atoms with Gasteiger partial charge in [0.25, 0.3) is 0 Å². The van der Waals surface area contributed by atoms with Gasteiger partial charge >= 0.3 is 12.9 Å². The molecular weight excluding hydrogens is 341 g/mol. The van der Waals surface area contributed by atoms with Gasteiger partial charge in [0.05, 0.1) is 5.54 Å². The first kappa shape index (κ1) is 17.9. The average Bonchev–Trinajstić information content (AvgIpc) is 3.18. The van der Waals surface area contributed by atoms with E-state index in [1.165, 1.54) is 0 Å². The quantitative estimate of drug-likeness (QED) is 0.435. The Labute approximate surface area is 138 Å². The zero-order valence-electron chi connectivity index (χ0n) is 12.1. The predicted molar refractivity (Wildman–Crippen MR) is 86.7 cm³/mol. The molecular formula is C15H17ClNO5P. The van der Waals surface area contributed by atoms with Crippen molar-refractivity contribution in [3.05, 3.63) is 60.2 Å². The summed E-state index contributed by atoms with van der Waals surface area (Å²) in [6.45, 7) is -3.83. The lowest BCUT2D eigenvalue weighted by molar-refractivity contribution is -0.144. The molecule has 3 N–H and O–H groups in total. The molecule has 2 atom stereocenters. The molecule has 1 aliphatic heterocycles. The summed E-state index contributed by atoms with van der Waals surface area (Å²) >= 11 is 4.20. The largest absolute Gasteiger partial charge is 0.460 e. The summed E-state index contributed by atoms with van der Waals surface area (Å²) in [7, 11) is 0. The smallest absolute Gasteiger partial charge is 0.419 e. The first-order chi connectivity index (χ1) is 10.8. The van der Waals surface area contributed by atoms with Gasteiger partial charge in [-0.2, -0.15) is 0 Å². The van der Waals surface area contributed by atoms with Crippen molar-refractivity contribution < 1.29 is 23.9 Å². The number of halogens is 1. The average molecular weight is 358 g/mol. The number of esters is 1. The molecule has 0 amide bonds. The van der Waals surface area contributed by atoms with Crippen molar-refractivity contribution in [3.8, 4) is 0 Å². The zero-order chi connectivity index (χ0) is 16.9. The van der Waals surface area contributed by atoms with E-state index in [4.69, 9.17) is 19.1 Å². The maximum atomic E-state index is 11.9. The molecule has 1 aromatic rings. The van der Waals surface area contributed by atoms with Crippen LogP contribution in [0.15, 0.2) is 54.6 Å². The minimum absolute atomic E-state index is 0.168. The lowest BCUT2D eigenvalue weighted by Gasteiger charge is -2.10. The minimum Gasteiger partial charge on any atom is -0.460 e. The Hall–Kier alpha value is -1.43. The summed E-state index contributed by atoms with van der Waals surface area (Å²) in [4.78, 5) is 26.7. The van der Waals surface area contributed by atoms with Crippen LogP contribution < -0.4 is 5.32 Å². The molecule has 3 rings (SSSR count). The molecule has 124 valence electrons. The van der Waals surface area contributed by atoms with Crippen molar-refractivity contribution >= 4 is 24.2 Å². The maximum absolute atomic E-state index is 11.9. The van der Waals surface area contributed by atoms with Gasteiger partial charge in [-0.3, -0.25) is 10.1 Å². The predicted octanol–water partition coefficient (Wildman–Crippen LogP) is 2.27. The third-order valence-corrected chi connectivity index (χ3v) is 3.40. The molecule has 1 unspecified atom stereocenters. The monoisotopic (exact) mass is 357 g/mol. The summed E-state index contributed by atoms with van der Waals surface area (Å²) in [5, 5.41) is 3.21. The van der Waals surface area contributed by atoms with Gasteiger partial charge in [0, 0.05) is 11.2 Å². The van der Waals surface area contributed by atoms with Gasteiger partial charge in [-0.25, -0.2) is 4.57 Å². The van der Waals surface area contributed by atoms with Crippen LogP contribution in [0.2, 0.25) is 0 Å². The maximum Gasteiger partial charge on any atom is 0.419 e. The highest BCUT2D eigenvalue weighted by Gasteiger charge is 2.56. The number of carbonyl (C=O) groups is 1. The molecule has 1 spiro atoms. The lowest BCUT2D eigenvalue weighted by atomic mass is 9.96. The van der Waals surface area contributed by atoms with Crippen molar-refractivity contribution in [1.82, 2.24) is 5.32 Å². The van der Waals surface area contributed by atoms with Crippen molar-refractivity contribution in [3.63, 3.8) is 0 Å². The van der Waals surface area contributed by atoms with Crippen molar-refractivity contribution in [2.24, 2.45) is 0 Å². The molecule has 0 radical (unpaired) electrons. The van der Waals surface area contributed by atoms with Crippen LogP contribution in [0.5, 0.6) is 0 Å². The Morgan fingerprint density at radius 2 is 2.00 bits per heavy atom. The molecule has 8 heteroatoms. The summed E-state index contributed by atoms with van der Waals surface area (Å²) in [6.07, 6.45) is 8.94. The van der Waals surface area contributed by atoms with Gasteiger partial charge < -0.3 is 14.5 Å². The van der Waals surface area contributed by atoms with Crippen LogP contribution in [0.3, 0.4) is 0 Å². The van der Waals surface area contributed by atoms with E-state index in [2.05, 4.69) is 22.6 Å². The van der Waals surface area contributed by atoms with Crippen LogP contribution in [0, 0.1) is 0 Å². The Kier molecular flexibility index (Phi) is 5.79. The number of carbonyl (C=O) groups excluding carboxylic acids is 1. The Bertz CT molecular complexity index is 649. The number of hydrogen-bond donors (Lipinski definition) is 3. The van der Waals surface area contributed by atoms with E-state index in [1.807, 2.05) is 48.6 Å². The molecule has 0 bridgehead atoms. The number of rotatable bonds is 3. The third-order valence-electron chi connectivity index (χ3n) is 3.40. The van der Waals surface area contributed by atoms with Crippen molar-refractivity contribution in [1.29, 1.82) is 0 Å². The van der Waals surface area contributed by atoms with E-state index in [1.54, 1.807) is 0 Å². The second kappa shape index (κ2) is 7.43. The van der Waals surface area contributed by atoms with E-state index in [0.717, 1.165) is 12.0 Å². The molecule has 0 saturated carbocycles. The summed E-state index contributed by atoms with van der Waals surface area (Å²) in [5.41, 5.74) is 0.835. The topological polar surface area (TPSA) is 106 Å². The van der Waals surface area contributed by atoms with Crippen LogP contribution in [0.4, 0.5) is 0 Å². The van der Waals surface area contributed by atoms with Crippen LogP contribution >= 0.6 is 18.2 Å². The molecule has 1 saturated heterocycles. The Morgan fingerprint density at radius 3 is 2.57 bits per heavy atom. The Balaban J connectivity index is 0.000000338. The zero-order valence-corrected chi connectivity index (χ0v) is 13.8. The fraction of sp³-hybridized carbons (Fsp3) is 0.267. The highest BCUT2D eigenvalue weighted by Crippen LogP contribution is 2.40. The summed E-state index contributed by atoms with van der Waals surface area (Å²) in [5.74, 6) is -0.168. The normalized spacial score (nSPS) is 24.7. The fourth-order valence-corrected chi connectivity index (χ4v) is 2.27. The van der Waals surface area contributed by atoms with Gasteiger partial charge in [-0.05, 0) is 12.0 Å². The summed E-state index contributed by atoms with van der Waals surface area (Å²) in [6, 6.07) is 9.53. The number of allylic oxidation sites excluding steroid dienone is 2. The van der Waals surface area contributed by atoms with Gasteiger partial charge in [0.2, 0.25) is 0 Å². The van der Waals surface area contributed by atoms with Crippen LogP contribution in [-0.4, -0.2) is 27.3 Å². The van der Waals surface area contributed by atoms with E-state index >= 15 is 0 Å². The molecule has 1 heterocycles. The standard InChI is InChI=1S/C15H15NO2.ClH2O3P/c17-14(18-11-12-7-3-1-4-8-12)13-15(16-13)9-5-2-6-10-15;1-5(2,3)4/h1-9,13,16H,10-11H2;(H2,2,3,4)/t13-,15?;/m1./s1. The SMILES string of the molecule is O=C(OCc1ccccc1)[C@H]1NC12C=CC=CC2.O=P(O)(O)Cl. The van der Waals surface area contributed by atoms with E-state index in [9.17, 15) is 4.79 Å². The number of ether oxygens (including phenoxy) is 1. The van der Waals surface area contributed by atoms with Crippen LogP contribution in [0.1, 0.15) is 12.0 Å². The highest BCUT2D eigenvalue weighted by molar-refractivity contribution is 7.79. The molecule has 6 nitrogen and oxygen atoms in total. The third kappa shape index (κ3) is 5.94. The van der Waals surface area contributed by atoms with Crippen molar-refractivity contribution in [2.75, 3.05) is 0 Å². The minimum atomic E-state index is -4.17. The first-order valence-electron chi connectivity index (χ1n) is 6.88. The van der Waals surface area contributed by atoms with Crippen LogP contribution in [0.25, 0.3) is 0 Å². The molecule has 1 fully saturated rings. The number of benzene rings is 1. The molecule has 0 aromatic heterocycles. The lowest BCUT2D eigenvalue weighted by Crippen LogP contribution is -2.21. The van der Waals surface area contributed by atoms with Gasteiger partial charge in [0.15, 0.2) is 0 Å². The van der Waals surface area contributed by atoms with Gasteiger partial charge in [-0.15, -0.1) is 0 Å². The second-order valence-electron chi connectivity index (χ2n) is 5.18. The second-order valence-corrected chi connectivity index (χ2v) is 7.44. The van der Waals surface area contributed by atoms with Crippen LogP contribution in [-0.2, 0) is 20.7 Å². The van der Waals surface area contributed by atoms with E-state index < -0.39 is 6.95 Å². The van der Waals surface area contributed by atoms with Gasteiger partial charge in [0.1, 0.15) is 12.6 Å². The number of nitrogens with one attached hydrogen (secondary N) is 1. The molecule has 2 aliphatic rings. The van der Waals surface area contributed by atoms with E-state index in [0.29, 0.717) is 6.61 Å². The van der Waals surface area contributed by atoms with E-state index in [-0.39, 0.29) is 17.6 Å². The number of hydrogen-bond acceptors (Lipinski definition) is 4. The molecule has 1 aromatic carbocycles. The molecule has 1 aliphatic carbocycles. The highest BCUT2D eigenvalue weighted by atomic mass is 35.7. The first-order valence-corrected chi connectivity index (χ1v) is 9.40. The summed E-state index contributed by atoms with van der Waals surface area (Å²) < 4.78 is 14.4. The Morgan fingerprint density at radius 1 is 1.35 bits per heavy atom.